The predicted octanol–water partition coefficient (Wildman–Crippen LogP) is 4.24. The van der Waals surface area contributed by atoms with Gasteiger partial charge in [-0.25, -0.2) is 9.98 Å². The van der Waals surface area contributed by atoms with Crippen LogP contribution in [0.15, 0.2) is 33.7 Å². The molecule has 0 fully saturated rings. The van der Waals surface area contributed by atoms with Gasteiger partial charge in [0.1, 0.15) is 12.4 Å². The van der Waals surface area contributed by atoms with Gasteiger partial charge in [0.15, 0.2) is 5.96 Å². The molecular weight excluding hydrogens is 500 g/mol. The van der Waals surface area contributed by atoms with Crippen molar-refractivity contribution in [3.63, 3.8) is 0 Å². The fraction of sp³-hybridized carbons (Fsp3) is 0.474. The summed E-state index contributed by atoms with van der Waals surface area (Å²) in [7, 11) is 0. The lowest BCUT2D eigenvalue weighted by Crippen LogP contribution is -2.36. The van der Waals surface area contributed by atoms with E-state index in [1.54, 1.807) is 18.2 Å². The Kier molecular flexibility index (Phi) is 10.4. The number of aryl methyl sites for hydroxylation is 2. The highest BCUT2D eigenvalue weighted by atomic mass is 127. The first-order chi connectivity index (χ1) is 13.3. The Bertz CT molecular complexity index is 775. The standard InChI is InChI=1S/C19H25F3N4O2.HI/c1-4-23-18(25-10-17-26-13(2)14(3)28-17)24-9-15-6-5-7-16(8-15)11-27-12-19(20,21)22;/h5-8H,4,9-12H2,1-3H3,(H2,23,24,25);1H. The number of oxazole rings is 1. The fourth-order valence-corrected chi connectivity index (χ4v) is 2.39. The van der Waals surface area contributed by atoms with E-state index >= 15 is 0 Å². The van der Waals surface area contributed by atoms with E-state index in [9.17, 15) is 13.2 Å². The molecule has 0 saturated carbocycles. The van der Waals surface area contributed by atoms with Crippen LogP contribution in [0.3, 0.4) is 0 Å². The molecule has 0 aliphatic rings. The third-order valence-electron chi connectivity index (χ3n) is 3.77. The Hall–Kier alpha value is -1.82. The summed E-state index contributed by atoms with van der Waals surface area (Å²) in [6, 6.07) is 7.14. The molecule has 0 atom stereocenters. The molecule has 0 amide bonds. The Morgan fingerprint density at radius 1 is 1.21 bits per heavy atom. The minimum atomic E-state index is -4.33. The molecule has 0 radical (unpaired) electrons. The first-order valence-corrected chi connectivity index (χ1v) is 8.94. The van der Waals surface area contributed by atoms with Gasteiger partial charge in [-0.3, -0.25) is 0 Å². The van der Waals surface area contributed by atoms with Crippen molar-refractivity contribution in [3.05, 3.63) is 52.7 Å². The number of aliphatic imine (C=N–C) groups is 1. The molecule has 0 spiro atoms. The quantitative estimate of drug-likeness (QED) is 0.306. The van der Waals surface area contributed by atoms with E-state index in [0.717, 1.165) is 17.0 Å². The van der Waals surface area contributed by atoms with Gasteiger partial charge in [-0.15, -0.1) is 24.0 Å². The molecule has 0 aliphatic heterocycles. The molecule has 0 aliphatic carbocycles. The number of hydrogen-bond acceptors (Lipinski definition) is 4. The van der Waals surface area contributed by atoms with Crippen molar-refractivity contribution < 1.29 is 22.3 Å². The summed E-state index contributed by atoms with van der Waals surface area (Å²) in [5, 5.41) is 6.28. The minimum Gasteiger partial charge on any atom is -0.444 e. The van der Waals surface area contributed by atoms with E-state index in [-0.39, 0.29) is 30.6 Å². The average Bonchev–Trinajstić information content (AvgIpc) is 2.94. The normalized spacial score (nSPS) is 11.9. The van der Waals surface area contributed by atoms with Crippen LogP contribution in [0.1, 0.15) is 35.4 Å². The molecule has 1 aromatic carbocycles. The Morgan fingerprint density at radius 2 is 1.93 bits per heavy atom. The topological polar surface area (TPSA) is 71.7 Å². The van der Waals surface area contributed by atoms with E-state index in [1.807, 2.05) is 26.8 Å². The molecule has 1 aromatic heterocycles. The lowest BCUT2D eigenvalue weighted by atomic mass is 10.1. The first-order valence-electron chi connectivity index (χ1n) is 8.94. The van der Waals surface area contributed by atoms with Crippen LogP contribution in [0.2, 0.25) is 0 Å². The summed E-state index contributed by atoms with van der Waals surface area (Å²) in [4.78, 5) is 8.80. The third kappa shape index (κ3) is 9.48. The molecule has 2 N–H and O–H groups in total. The molecule has 2 rings (SSSR count). The number of nitrogens with one attached hydrogen (secondary N) is 2. The number of guanidine groups is 1. The van der Waals surface area contributed by atoms with Crippen molar-refractivity contribution in [2.45, 2.75) is 46.6 Å². The number of halogens is 4. The van der Waals surface area contributed by atoms with Gasteiger partial charge >= 0.3 is 6.18 Å². The molecule has 10 heteroatoms. The highest BCUT2D eigenvalue weighted by molar-refractivity contribution is 14.0. The lowest BCUT2D eigenvalue weighted by molar-refractivity contribution is -0.176. The first kappa shape index (κ1) is 25.2. The van der Waals surface area contributed by atoms with E-state index in [4.69, 9.17) is 9.15 Å². The second-order valence-corrected chi connectivity index (χ2v) is 6.23. The molecular formula is C19H26F3IN4O2. The van der Waals surface area contributed by atoms with Crippen LogP contribution in [0.25, 0.3) is 0 Å². The van der Waals surface area contributed by atoms with Crippen molar-refractivity contribution in [1.29, 1.82) is 0 Å². The van der Waals surface area contributed by atoms with Gasteiger partial charge in [-0.2, -0.15) is 13.2 Å². The zero-order valence-corrected chi connectivity index (χ0v) is 18.9. The number of nitrogens with zero attached hydrogens (tertiary/aromatic N) is 2. The highest BCUT2D eigenvalue weighted by Gasteiger charge is 2.27. The number of alkyl halides is 3. The Labute approximate surface area is 185 Å². The van der Waals surface area contributed by atoms with Gasteiger partial charge in [0.2, 0.25) is 5.89 Å². The smallest absolute Gasteiger partial charge is 0.411 e. The monoisotopic (exact) mass is 526 g/mol. The Balaban J connectivity index is 0.00000420. The zero-order valence-electron chi connectivity index (χ0n) is 16.6. The molecule has 0 saturated heterocycles. The van der Waals surface area contributed by atoms with Crippen LogP contribution in [0, 0.1) is 13.8 Å². The van der Waals surface area contributed by atoms with Gasteiger partial charge in [0.25, 0.3) is 0 Å². The van der Waals surface area contributed by atoms with Crippen LogP contribution in [0.4, 0.5) is 13.2 Å². The van der Waals surface area contributed by atoms with Crippen molar-refractivity contribution in [3.8, 4) is 0 Å². The molecule has 6 nitrogen and oxygen atoms in total. The van der Waals surface area contributed by atoms with E-state index in [1.165, 1.54) is 0 Å². The van der Waals surface area contributed by atoms with Crippen LogP contribution in [-0.2, 0) is 24.4 Å². The van der Waals surface area contributed by atoms with Gasteiger partial charge in [0.05, 0.1) is 25.4 Å². The highest BCUT2D eigenvalue weighted by Crippen LogP contribution is 2.16. The van der Waals surface area contributed by atoms with Gasteiger partial charge < -0.3 is 19.8 Å². The largest absolute Gasteiger partial charge is 0.444 e. The number of benzene rings is 1. The maximum absolute atomic E-state index is 12.2. The van der Waals surface area contributed by atoms with Crippen molar-refractivity contribution in [2.24, 2.45) is 4.99 Å². The van der Waals surface area contributed by atoms with E-state index < -0.39 is 12.8 Å². The van der Waals surface area contributed by atoms with Gasteiger partial charge in [0, 0.05) is 6.54 Å². The zero-order chi connectivity index (χ0) is 20.6. The van der Waals surface area contributed by atoms with Crippen LogP contribution >= 0.6 is 24.0 Å². The third-order valence-corrected chi connectivity index (χ3v) is 3.77. The van der Waals surface area contributed by atoms with Gasteiger partial charge in [-0.05, 0) is 31.9 Å². The van der Waals surface area contributed by atoms with Crippen LogP contribution in [0.5, 0.6) is 0 Å². The maximum Gasteiger partial charge on any atom is 0.411 e. The molecule has 162 valence electrons. The van der Waals surface area contributed by atoms with Crippen LogP contribution in [-0.4, -0.2) is 30.3 Å². The number of hydrogen-bond donors (Lipinski definition) is 2. The summed E-state index contributed by atoms with van der Waals surface area (Å²) in [6.45, 7) is 5.78. The summed E-state index contributed by atoms with van der Waals surface area (Å²) in [5.74, 6) is 1.95. The van der Waals surface area contributed by atoms with E-state index in [0.29, 0.717) is 37.0 Å². The lowest BCUT2D eigenvalue weighted by Gasteiger charge is -2.10. The van der Waals surface area contributed by atoms with Crippen molar-refractivity contribution in [1.82, 2.24) is 15.6 Å². The molecule has 0 unspecified atom stereocenters. The fourth-order valence-electron chi connectivity index (χ4n) is 2.39. The molecule has 1 heterocycles. The van der Waals surface area contributed by atoms with Crippen molar-refractivity contribution >= 4 is 29.9 Å². The van der Waals surface area contributed by atoms with Crippen LogP contribution < -0.4 is 10.6 Å². The second kappa shape index (κ2) is 12.0. The molecule has 0 bridgehead atoms. The maximum atomic E-state index is 12.2. The summed E-state index contributed by atoms with van der Waals surface area (Å²) >= 11 is 0. The second-order valence-electron chi connectivity index (χ2n) is 6.23. The summed E-state index contributed by atoms with van der Waals surface area (Å²) in [6.07, 6.45) is -4.33. The predicted molar refractivity (Wildman–Crippen MR) is 115 cm³/mol. The molecule has 2 aromatic rings. The SMILES string of the molecule is CCNC(=NCc1cccc(COCC(F)(F)F)c1)NCc1nc(C)c(C)o1.I. The number of ether oxygens (including phenoxy) is 1. The number of rotatable bonds is 8. The summed E-state index contributed by atoms with van der Waals surface area (Å²) < 4.78 is 46.7. The molecule has 29 heavy (non-hydrogen) atoms. The average molecular weight is 526 g/mol. The van der Waals surface area contributed by atoms with Crippen molar-refractivity contribution in [2.75, 3.05) is 13.2 Å². The Morgan fingerprint density at radius 3 is 2.55 bits per heavy atom. The minimum absolute atomic E-state index is 0. The number of aromatic nitrogens is 1. The summed E-state index contributed by atoms with van der Waals surface area (Å²) in [5.41, 5.74) is 2.39. The van der Waals surface area contributed by atoms with Gasteiger partial charge in [-0.1, -0.05) is 24.3 Å². The van der Waals surface area contributed by atoms with E-state index in [2.05, 4.69) is 20.6 Å².